The predicted molar refractivity (Wildman–Crippen MR) is 78.4 cm³/mol. The van der Waals surface area contributed by atoms with Crippen molar-refractivity contribution in [1.82, 2.24) is 0 Å². The van der Waals surface area contributed by atoms with E-state index in [1.807, 2.05) is 39.0 Å². The van der Waals surface area contributed by atoms with Gasteiger partial charge in [-0.2, -0.15) is 0 Å². The molecule has 0 spiro atoms. The van der Waals surface area contributed by atoms with Crippen molar-refractivity contribution in [3.05, 3.63) is 30.3 Å². The molecule has 0 bridgehead atoms. The Morgan fingerprint density at radius 2 is 1.95 bits per heavy atom. The maximum Gasteiger partial charge on any atom is 0.313 e. The van der Waals surface area contributed by atoms with Crippen LogP contribution in [0.25, 0.3) is 0 Å². The van der Waals surface area contributed by atoms with Gasteiger partial charge in [0.15, 0.2) is 0 Å². The Morgan fingerprint density at radius 1 is 1.32 bits per heavy atom. The second kappa shape index (κ2) is 7.56. The molecule has 1 aromatic carbocycles. The van der Waals surface area contributed by atoms with Crippen LogP contribution in [0.5, 0.6) is 0 Å². The first-order valence-corrected chi connectivity index (χ1v) is 7.38. The Bertz CT molecular complexity index is 390. The molecule has 0 radical (unpaired) electrons. The van der Waals surface area contributed by atoms with Gasteiger partial charge >= 0.3 is 5.97 Å². The zero-order valence-corrected chi connectivity index (χ0v) is 12.8. The number of carbonyl (C=O) groups excluding carboxylic acids is 1. The zero-order chi connectivity index (χ0) is 14.3. The fourth-order valence-corrected chi connectivity index (χ4v) is 2.96. The quantitative estimate of drug-likeness (QED) is 0.567. The molecule has 1 rings (SSSR count). The molecule has 0 aliphatic carbocycles. The molecule has 0 saturated heterocycles. The summed E-state index contributed by atoms with van der Waals surface area (Å²) in [5, 5.41) is 0. The summed E-state index contributed by atoms with van der Waals surface area (Å²) in [7, 11) is 1.41. The van der Waals surface area contributed by atoms with Crippen LogP contribution in [0.1, 0.15) is 20.8 Å². The first kappa shape index (κ1) is 16.1. The highest BCUT2D eigenvalue weighted by Gasteiger charge is 2.38. The topological polar surface area (TPSA) is 35.5 Å². The highest BCUT2D eigenvalue weighted by Crippen LogP contribution is 2.30. The van der Waals surface area contributed by atoms with Crippen molar-refractivity contribution >= 4 is 17.7 Å². The van der Waals surface area contributed by atoms with Gasteiger partial charge in [-0.05, 0) is 32.9 Å². The Hall–Kier alpha value is -1.00. The van der Waals surface area contributed by atoms with Crippen LogP contribution in [-0.4, -0.2) is 31.5 Å². The fraction of sp³-hybridized carbons (Fsp3) is 0.533. The van der Waals surface area contributed by atoms with Gasteiger partial charge in [0.1, 0.15) is 0 Å². The van der Waals surface area contributed by atoms with E-state index in [0.29, 0.717) is 6.61 Å². The van der Waals surface area contributed by atoms with E-state index in [9.17, 15) is 4.79 Å². The lowest BCUT2D eigenvalue weighted by Crippen LogP contribution is -2.41. The van der Waals surface area contributed by atoms with Gasteiger partial charge in [-0.25, -0.2) is 0 Å². The van der Waals surface area contributed by atoms with Gasteiger partial charge in [0.05, 0.1) is 18.6 Å². The third kappa shape index (κ3) is 4.55. The normalized spacial score (nSPS) is 13.1. The smallest absolute Gasteiger partial charge is 0.313 e. The Kier molecular flexibility index (Phi) is 6.38. The van der Waals surface area contributed by atoms with E-state index < -0.39 is 5.41 Å². The molecule has 0 aromatic heterocycles. The lowest BCUT2D eigenvalue weighted by molar-refractivity contribution is -0.158. The number of methoxy groups -OCH3 is 1. The molecule has 4 heteroatoms. The second-order valence-electron chi connectivity index (χ2n) is 4.78. The first-order chi connectivity index (χ1) is 9.02. The summed E-state index contributed by atoms with van der Waals surface area (Å²) in [6, 6.07) is 10.1. The summed E-state index contributed by atoms with van der Waals surface area (Å²) >= 11 is 1.69. The lowest BCUT2D eigenvalue weighted by Gasteiger charge is -2.31. The van der Waals surface area contributed by atoms with Gasteiger partial charge in [0.2, 0.25) is 0 Å². The van der Waals surface area contributed by atoms with Crippen LogP contribution in [0.3, 0.4) is 0 Å². The molecule has 0 N–H and O–H groups in total. The van der Waals surface area contributed by atoms with Crippen molar-refractivity contribution < 1.29 is 14.3 Å². The molecule has 1 aromatic rings. The third-order valence-corrected chi connectivity index (χ3v) is 4.10. The number of esters is 1. The van der Waals surface area contributed by atoms with Crippen molar-refractivity contribution in [2.45, 2.75) is 31.8 Å². The molecule has 0 saturated carbocycles. The van der Waals surface area contributed by atoms with E-state index in [-0.39, 0.29) is 12.1 Å². The molecular formula is C15H22O3S. The molecule has 1 unspecified atom stereocenters. The van der Waals surface area contributed by atoms with Crippen molar-refractivity contribution in [2.24, 2.45) is 5.41 Å². The van der Waals surface area contributed by atoms with Gasteiger partial charge in [-0.1, -0.05) is 18.2 Å². The molecule has 19 heavy (non-hydrogen) atoms. The predicted octanol–water partition coefficient (Wildman–Crippen LogP) is 3.38. The van der Waals surface area contributed by atoms with E-state index in [1.165, 1.54) is 12.0 Å². The highest BCUT2D eigenvalue weighted by molar-refractivity contribution is 7.99. The van der Waals surface area contributed by atoms with E-state index in [2.05, 4.69) is 12.1 Å². The van der Waals surface area contributed by atoms with Crippen LogP contribution in [0.15, 0.2) is 35.2 Å². The maximum absolute atomic E-state index is 11.8. The monoisotopic (exact) mass is 282 g/mol. The average Bonchev–Trinajstić information content (AvgIpc) is 2.43. The SMILES string of the molecule is CCOC(CSc1ccccc1)C(C)(C)C(=O)OC. The maximum atomic E-state index is 11.8. The molecule has 0 heterocycles. The van der Waals surface area contributed by atoms with Crippen molar-refractivity contribution in [3.63, 3.8) is 0 Å². The number of rotatable bonds is 7. The summed E-state index contributed by atoms with van der Waals surface area (Å²) in [4.78, 5) is 13.0. The van der Waals surface area contributed by atoms with Crippen LogP contribution in [-0.2, 0) is 14.3 Å². The van der Waals surface area contributed by atoms with Gasteiger partial charge < -0.3 is 9.47 Å². The summed E-state index contributed by atoms with van der Waals surface area (Å²) in [5.74, 6) is 0.486. The van der Waals surface area contributed by atoms with E-state index in [0.717, 1.165) is 5.75 Å². The van der Waals surface area contributed by atoms with Crippen molar-refractivity contribution in [3.8, 4) is 0 Å². The molecule has 0 fully saturated rings. The number of carbonyl (C=O) groups is 1. The van der Waals surface area contributed by atoms with Gasteiger partial charge in [0.25, 0.3) is 0 Å². The van der Waals surface area contributed by atoms with Crippen molar-refractivity contribution in [1.29, 1.82) is 0 Å². The van der Waals surface area contributed by atoms with Crippen LogP contribution in [0, 0.1) is 5.41 Å². The summed E-state index contributed by atoms with van der Waals surface area (Å²) in [5.41, 5.74) is -0.646. The minimum atomic E-state index is -0.646. The highest BCUT2D eigenvalue weighted by atomic mass is 32.2. The minimum Gasteiger partial charge on any atom is -0.469 e. The lowest BCUT2D eigenvalue weighted by atomic mass is 9.87. The number of thioether (sulfide) groups is 1. The standard InChI is InChI=1S/C15H22O3S/c1-5-18-13(15(2,3)14(16)17-4)11-19-12-9-7-6-8-10-12/h6-10,13H,5,11H2,1-4H3. The number of benzene rings is 1. The fourth-order valence-electron chi connectivity index (χ4n) is 1.75. The molecule has 106 valence electrons. The van der Waals surface area contributed by atoms with Gasteiger partial charge in [0, 0.05) is 17.3 Å². The largest absolute Gasteiger partial charge is 0.469 e. The molecule has 0 aliphatic rings. The summed E-state index contributed by atoms with van der Waals surface area (Å²) < 4.78 is 10.6. The van der Waals surface area contributed by atoms with Crippen molar-refractivity contribution in [2.75, 3.05) is 19.5 Å². The van der Waals surface area contributed by atoms with Gasteiger partial charge in [-0.3, -0.25) is 4.79 Å². The Balaban J connectivity index is 2.70. The second-order valence-corrected chi connectivity index (χ2v) is 5.87. The number of ether oxygens (including phenoxy) is 2. The van der Waals surface area contributed by atoms with Gasteiger partial charge in [-0.15, -0.1) is 11.8 Å². The molecule has 0 aliphatic heterocycles. The van der Waals surface area contributed by atoms with E-state index in [4.69, 9.17) is 9.47 Å². The third-order valence-electron chi connectivity index (χ3n) is 3.03. The van der Waals surface area contributed by atoms with Crippen LogP contribution >= 0.6 is 11.8 Å². The van der Waals surface area contributed by atoms with Crippen LogP contribution in [0.2, 0.25) is 0 Å². The number of hydrogen-bond donors (Lipinski definition) is 0. The average molecular weight is 282 g/mol. The Morgan fingerprint density at radius 3 is 2.47 bits per heavy atom. The van der Waals surface area contributed by atoms with Crippen LogP contribution in [0.4, 0.5) is 0 Å². The summed E-state index contributed by atoms with van der Waals surface area (Å²) in [6.07, 6.45) is -0.171. The van der Waals surface area contributed by atoms with Crippen LogP contribution < -0.4 is 0 Å². The summed E-state index contributed by atoms with van der Waals surface area (Å²) in [6.45, 7) is 6.25. The van der Waals surface area contributed by atoms with E-state index in [1.54, 1.807) is 11.8 Å². The molecule has 3 nitrogen and oxygen atoms in total. The minimum absolute atomic E-state index is 0.171. The molecule has 1 atom stereocenters. The first-order valence-electron chi connectivity index (χ1n) is 6.40. The molecule has 0 amide bonds. The zero-order valence-electron chi connectivity index (χ0n) is 12.0. The Labute approximate surface area is 119 Å². The number of hydrogen-bond acceptors (Lipinski definition) is 4. The molecular weight excluding hydrogens is 260 g/mol. The van der Waals surface area contributed by atoms with E-state index >= 15 is 0 Å².